The molecular weight excluding hydrogens is 541 g/mol. The minimum absolute atomic E-state index is 0.247. The number of nitrogens with zero attached hydrogens (tertiary/aromatic N) is 1. The molecule has 1 aliphatic rings. The number of para-hydroxylation sites is 1. The van der Waals surface area contributed by atoms with Crippen LogP contribution in [0.15, 0.2) is 83.5 Å². The van der Waals surface area contributed by atoms with Gasteiger partial charge in [0.25, 0.3) is 0 Å². The Balaban J connectivity index is 1.52. The summed E-state index contributed by atoms with van der Waals surface area (Å²) >= 11 is 3.52. The Bertz CT molecular complexity index is 1440. The molecule has 7 nitrogen and oxygen atoms in total. The number of ether oxygens (including phenoxy) is 1. The maximum Gasteiger partial charge on any atom is 0.394 e. The Hall–Kier alpha value is -2.90. The van der Waals surface area contributed by atoms with Crippen molar-refractivity contribution in [2.75, 3.05) is 7.11 Å². The lowest BCUT2D eigenvalue weighted by Gasteiger charge is -2.40. The highest BCUT2D eigenvalue weighted by Gasteiger charge is 2.44. The van der Waals surface area contributed by atoms with E-state index < -0.39 is 19.7 Å². The maximum absolute atomic E-state index is 14.6. The molecule has 9 heteroatoms. The van der Waals surface area contributed by atoms with Gasteiger partial charge in [-0.3, -0.25) is 4.79 Å². The van der Waals surface area contributed by atoms with E-state index in [9.17, 15) is 9.36 Å². The van der Waals surface area contributed by atoms with E-state index in [1.165, 1.54) is 7.11 Å². The summed E-state index contributed by atoms with van der Waals surface area (Å²) in [5, 5.41) is 4.10. The predicted molar refractivity (Wildman–Crippen MR) is 144 cm³/mol. The van der Waals surface area contributed by atoms with Crippen molar-refractivity contribution in [3.8, 4) is 5.75 Å². The van der Waals surface area contributed by atoms with Crippen molar-refractivity contribution in [1.82, 2.24) is 14.7 Å². The first-order chi connectivity index (χ1) is 17.4. The van der Waals surface area contributed by atoms with Gasteiger partial charge in [-0.1, -0.05) is 64.5 Å². The highest BCUT2D eigenvalue weighted by atomic mass is 79.9. The molecule has 186 valence electrons. The summed E-state index contributed by atoms with van der Waals surface area (Å²) in [7, 11) is -2.40. The number of carbonyl (C=O) groups excluding carboxylic acids is 1. The van der Waals surface area contributed by atoms with Crippen molar-refractivity contribution in [2.24, 2.45) is 0 Å². The lowest BCUT2D eigenvalue weighted by Crippen LogP contribution is -2.44. The fourth-order valence-corrected chi connectivity index (χ4v) is 7.30. The van der Waals surface area contributed by atoms with E-state index in [2.05, 4.69) is 26.0 Å². The van der Waals surface area contributed by atoms with E-state index in [4.69, 9.17) is 9.26 Å². The van der Waals surface area contributed by atoms with Crippen molar-refractivity contribution < 1.29 is 18.6 Å². The van der Waals surface area contributed by atoms with Crippen LogP contribution in [-0.2, 0) is 27.1 Å². The molecule has 2 heterocycles. The molecule has 0 aliphatic carbocycles. The van der Waals surface area contributed by atoms with Gasteiger partial charge in [-0.05, 0) is 42.3 Å². The predicted octanol–water partition coefficient (Wildman–Crippen LogP) is 6.37. The number of methoxy groups -OCH3 is 1. The van der Waals surface area contributed by atoms with E-state index >= 15 is 0 Å². The van der Waals surface area contributed by atoms with Gasteiger partial charge in [0.1, 0.15) is 11.8 Å². The van der Waals surface area contributed by atoms with Crippen LogP contribution in [0.25, 0.3) is 10.9 Å². The molecule has 0 amide bonds. The fourth-order valence-electron chi connectivity index (χ4n) is 4.62. The normalized spacial score (nSPS) is 19.3. The van der Waals surface area contributed by atoms with Gasteiger partial charge in [0.15, 0.2) is 0 Å². The lowest BCUT2D eigenvalue weighted by molar-refractivity contribution is -0.142. The third-order valence-corrected chi connectivity index (χ3v) is 9.29. The standard InChI is InChI=1S/C27H27BrN3O4P/c1-18(19-8-4-3-5-9-19)31-17-21-14-22(28)12-13-26(21)35-36(31,33)30-25(27(32)34-2)15-20-16-29-24-11-7-6-10-23(20)24/h3-14,16,18,25,29H,15,17H2,1-2H3,(H,30,33). The number of esters is 1. The largest absolute Gasteiger partial charge is 0.468 e. The first-order valence-electron chi connectivity index (χ1n) is 11.7. The quantitative estimate of drug-likeness (QED) is 0.199. The number of hydrogen-bond acceptors (Lipinski definition) is 4. The van der Waals surface area contributed by atoms with Crippen molar-refractivity contribution in [1.29, 1.82) is 0 Å². The van der Waals surface area contributed by atoms with E-state index in [0.29, 0.717) is 12.3 Å². The zero-order valence-corrected chi connectivity index (χ0v) is 22.5. The van der Waals surface area contributed by atoms with Gasteiger partial charge in [0.05, 0.1) is 7.11 Å². The average molecular weight is 568 g/mol. The van der Waals surface area contributed by atoms with Gasteiger partial charge >= 0.3 is 13.6 Å². The zero-order valence-electron chi connectivity index (χ0n) is 20.0. The van der Waals surface area contributed by atoms with Crippen LogP contribution in [-0.4, -0.2) is 28.8 Å². The molecule has 0 fully saturated rings. The molecule has 4 aromatic rings. The van der Waals surface area contributed by atoms with Gasteiger partial charge in [0, 0.05) is 46.1 Å². The summed E-state index contributed by atoms with van der Waals surface area (Å²) in [6, 6.07) is 22.2. The van der Waals surface area contributed by atoms with E-state index in [1.807, 2.05) is 84.5 Å². The van der Waals surface area contributed by atoms with Crippen LogP contribution in [0.4, 0.5) is 0 Å². The number of carbonyl (C=O) groups is 1. The second kappa shape index (κ2) is 10.2. The second-order valence-electron chi connectivity index (χ2n) is 8.82. The number of nitrogens with one attached hydrogen (secondary N) is 2. The van der Waals surface area contributed by atoms with Crippen LogP contribution in [0.2, 0.25) is 0 Å². The maximum atomic E-state index is 14.6. The lowest BCUT2D eigenvalue weighted by atomic mass is 10.1. The SMILES string of the molecule is COC(=O)C(Cc1c[nH]c2ccccc12)NP1(=O)Oc2ccc(Br)cc2CN1C(C)c1ccccc1. The number of halogens is 1. The molecule has 0 saturated heterocycles. The van der Waals surface area contributed by atoms with Crippen LogP contribution >= 0.6 is 23.6 Å². The molecule has 5 rings (SSSR count). The number of aromatic nitrogens is 1. The van der Waals surface area contributed by atoms with Crippen molar-refractivity contribution in [3.63, 3.8) is 0 Å². The van der Waals surface area contributed by atoms with Gasteiger partial charge < -0.3 is 14.2 Å². The Kier molecular flexibility index (Phi) is 7.04. The number of fused-ring (bicyclic) bond motifs is 2. The number of rotatable bonds is 7. The monoisotopic (exact) mass is 567 g/mol. The summed E-state index contributed by atoms with van der Waals surface area (Å²) in [5.41, 5.74) is 3.79. The summed E-state index contributed by atoms with van der Waals surface area (Å²) in [4.78, 5) is 16.2. The van der Waals surface area contributed by atoms with Gasteiger partial charge in [-0.25, -0.2) is 9.65 Å². The summed E-state index contributed by atoms with van der Waals surface area (Å²) in [6.07, 6.45) is 2.15. The van der Waals surface area contributed by atoms with Crippen LogP contribution in [0.5, 0.6) is 5.75 Å². The minimum atomic E-state index is -3.74. The molecule has 2 N–H and O–H groups in total. The van der Waals surface area contributed by atoms with Crippen molar-refractivity contribution in [3.05, 3.63) is 100 Å². The van der Waals surface area contributed by atoms with Crippen LogP contribution in [0.1, 0.15) is 29.7 Å². The van der Waals surface area contributed by atoms with Crippen LogP contribution in [0.3, 0.4) is 0 Å². The van der Waals surface area contributed by atoms with Gasteiger partial charge in [0.2, 0.25) is 0 Å². The first kappa shape index (κ1) is 24.8. The first-order valence-corrected chi connectivity index (χ1v) is 14.1. The molecule has 3 aromatic carbocycles. The molecule has 0 spiro atoms. The Morgan fingerprint density at radius 2 is 1.92 bits per heavy atom. The number of benzene rings is 3. The number of hydrogen-bond donors (Lipinski definition) is 2. The molecule has 0 saturated carbocycles. The molecule has 3 unspecified atom stereocenters. The van der Waals surface area contributed by atoms with Crippen molar-refractivity contribution >= 4 is 40.5 Å². The van der Waals surface area contributed by atoms with Gasteiger partial charge in [-0.2, -0.15) is 4.67 Å². The molecule has 0 bridgehead atoms. The molecule has 3 atom stereocenters. The average Bonchev–Trinajstić information content (AvgIpc) is 3.30. The van der Waals surface area contributed by atoms with E-state index in [-0.39, 0.29) is 12.5 Å². The topological polar surface area (TPSA) is 83.7 Å². The summed E-state index contributed by atoms with van der Waals surface area (Å²) < 4.78 is 28.6. The third kappa shape index (κ3) is 4.87. The third-order valence-electron chi connectivity index (χ3n) is 6.55. The summed E-state index contributed by atoms with van der Waals surface area (Å²) in [5.74, 6) is 0.0225. The van der Waals surface area contributed by atoms with Gasteiger partial charge in [-0.15, -0.1) is 0 Å². The fraction of sp³-hybridized carbons (Fsp3) is 0.222. The Labute approximate surface area is 218 Å². The Morgan fingerprint density at radius 1 is 1.17 bits per heavy atom. The Morgan fingerprint density at radius 3 is 2.69 bits per heavy atom. The minimum Gasteiger partial charge on any atom is -0.468 e. The van der Waals surface area contributed by atoms with Crippen molar-refractivity contribution in [2.45, 2.75) is 32.0 Å². The number of aromatic amines is 1. The molecule has 36 heavy (non-hydrogen) atoms. The van der Waals surface area contributed by atoms with E-state index in [1.54, 1.807) is 6.07 Å². The molecular formula is C27H27BrN3O4P. The molecule has 0 radical (unpaired) electrons. The molecule has 1 aromatic heterocycles. The molecule has 1 aliphatic heterocycles. The second-order valence-corrected chi connectivity index (χ2v) is 11.7. The zero-order chi connectivity index (χ0) is 25.3. The van der Waals surface area contributed by atoms with Crippen LogP contribution in [0, 0.1) is 0 Å². The smallest absolute Gasteiger partial charge is 0.394 e. The number of H-pyrrole nitrogens is 1. The van der Waals surface area contributed by atoms with E-state index in [0.717, 1.165) is 32.1 Å². The summed E-state index contributed by atoms with van der Waals surface area (Å²) in [6.45, 7) is 2.37. The highest BCUT2D eigenvalue weighted by Crippen LogP contribution is 2.57. The van der Waals surface area contributed by atoms with Crippen LogP contribution < -0.4 is 9.61 Å². The highest BCUT2D eigenvalue weighted by molar-refractivity contribution is 9.10.